The predicted molar refractivity (Wildman–Crippen MR) is 53.4 cm³/mol. The Labute approximate surface area is 74.4 Å². The average Bonchev–Trinajstić information content (AvgIpc) is 2.36. The van der Waals surface area contributed by atoms with Crippen molar-refractivity contribution in [3.05, 3.63) is 18.0 Å². The molecule has 1 rings (SSSR count). The van der Waals surface area contributed by atoms with Gasteiger partial charge in [0.05, 0.1) is 6.20 Å². The summed E-state index contributed by atoms with van der Waals surface area (Å²) >= 11 is 0. The summed E-state index contributed by atoms with van der Waals surface area (Å²) in [6.45, 7) is 6.74. The van der Waals surface area contributed by atoms with Gasteiger partial charge in [-0.15, -0.1) is 11.5 Å². The Morgan fingerprint density at radius 3 is 2.75 bits per heavy atom. The van der Waals surface area contributed by atoms with Crippen molar-refractivity contribution in [1.29, 1.82) is 0 Å². The van der Waals surface area contributed by atoms with Crippen LogP contribution in [0, 0.1) is 11.5 Å². The first-order valence-electron chi connectivity index (χ1n) is 4.05. The van der Waals surface area contributed by atoms with Gasteiger partial charge in [0.1, 0.15) is 8.07 Å². The number of hydrogen-bond acceptors (Lipinski definition) is 1. The van der Waals surface area contributed by atoms with Gasteiger partial charge in [-0.05, 0) is 0 Å². The number of nitrogens with one attached hydrogen (secondary N) is 1. The Bertz CT molecular complexity index is 285. The van der Waals surface area contributed by atoms with Crippen molar-refractivity contribution in [2.75, 3.05) is 0 Å². The van der Waals surface area contributed by atoms with Gasteiger partial charge in [-0.2, -0.15) is 5.10 Å². The molecule has 1 heterocycles. The molecule has 0 bridgehead atoms. The molecule has 1 aromatic heterocycles. The summed E-state index contributed by atoms with van der Waals surface area (Å²) in [5.41, 5.74) is 4.47. The molecule has 3 heteroatoms. The van der Waals surface area contributed by atoms with Crippen LogP contribution in [0.25, 0.3) is 0 Å². The Kier molecular flexibility index (Phi) is 2.72. The maximum Gasteiger partial charge on any atom is 0.129 e. The highest BCUT2D eigenvalue weighted by atomic mass is 28.3. The van der Waals surface area contributed by atoms with Crippen LogP contribution in [0.2, 0.25) is 19.6 Å². The van der Waals surface area contributed by atoms with Gasteiger partial charge in [-0.3, -0.25) is 5.10 Å². The topological polar surface area (TPSA) is 28.7 Å². The van der Waals surface area contributed by atoms with Crippen LogP contribution in [-0.4, -0.2) is 18.3 Å². The predicted octanol–water partition coefficient (Wildman–Crippen LogP) is 1.83. The molecule has 0 spiro atoms. The fourth-order valence-corrected chi connectivity index (χ4v) is 1.40. The van der Waals surface area contributed by atoms with E-state index >= 15 is 0 Å². The zero-order valence-corrected chi connectivity index (χ0v) is 8.81. The summed E-state index contributed by atoms with van der Waals surface area (Å²) in [6, 6.07) is 0. The van der Waals surface area contributed by atoms with Crippen LogP contribution in [0.15, 0.2) is 12.4 Å². The largest absolute Gasteiger partial charge is 0.285 e. The van der Waals surface area contributed by atoms with Crippen LogP contribution in [0.3, 0.4) is 0 Å². The number of hydrogen-bond donors (Lipinski definition) is 1. The van der Waals surface area contributed by atoms with Crippen LogP contribution in [0.4, 0.5) is 0 Å². The Hall–Kier alpha value is -1.01. The van der Waals surface area contributed by atoms with Gasteiger partial charge in [0.2, 0.25) is 0 Å². The van der Waals surface area contributed by atoms with Crippen LogP contribution in [0.1, 0.15) is 5.56 Å². The maximum absolute atomic E-state index is 3.86. The van der Waals surface area contributed by atoms with Gasteiger partial charge in [0.25, 0.3) is 0 Å². The van der Waals surface area contributed by atoms with E-state index < -0.39 is 8.07 Å². The van der Waals surface area contributed by atoms with Crippen LogP contribution in [0.5, 0.6) is 0 Å². The van der Waals surface area contributed by atoms with Crippen molar-refractivity contribution >= 4 is 8.07 Å². The number of rotatable bonds is 1. The summed E-state index contributed by atoms with van der Waals surface area (Å²) in [7, 11) is -1.18. The Morgan fingerprint density at radius 2 is 2.25 bits per heavy atom. The van der Waals surface area contributed by atoms with Gasteiger partial charge < -0.3 is 0 Å². The summed E-state index contributed by atoms with van der Waals surface area (Å²) in [5.74, 6) is 3.18. The molecule has 2 nitrogen and oxygen atoms in total. The van der Waals surface area contributed by atoms with Gasteiger partial charge in [0.15, 0.2) is 0 Å². The molecule has 0 aliphatic rings. The van der Waals surface area contributed by atoms with Crippen molar-refractivity contribution in [2.24, 2.45) is 0 Å². The molecule has 1 aromatic rings. The lowest BCUT2D eigenvalue weighted by Gasteiger charge is -2.02. The second-order valence-corrected chi connectivity index (χ2v) is 8.59. The van der Waals surface area contributed by atoms with Crippen molar-refractivity contribution in [2.45, 2.75) is 26.1 Å². The molecule has 0 radical (unpaired) electrons. The lowest BCUT2D eigenvalue weighted by atomic mass is 10.3. The molecule has 0 aromatic carbocycles. The molecule has 0 amide bonds. The third-order valence-electron chi connectivity index (χ3n) is 1.31. The van der Waals surface area contributed by atoms with Crippen LogP contribution in [-0.2, 0) is 6.42 Å². The van der Waals surface area contributed by atoms with Crippen molar-refractivity contribution in [3.8, 4) is 11.5 Å². The standard InChI is InChI=1S/C9H14N2Si/c1-12(2,3)6-4-5-9-7-10-11-8-9/h7-8H,5H2,1-3H3,(H,10,11). The number of aromatic nitrogens is 2. The minimum atomic E-state index is -1.18. The van der Waals surface area contributed by atoms with E-state index in [1.807, 2.05) is 12.4 Å². The van der Waals surface area contributed by atoms with E-state index in [2.05, 4.69) is 41.3 Å². The molecular weight excluding hydrogens is 164 g/mol. The van der Waals surface area contributed by atoms with Gasteiger partial charge in [-0.25, -0.2) is 0 Å². The lowest BCUT2D eigenvalue weighted by Crippen LogP contribution is -2.16. The summed E-state index contributed by atoms with van der Waals surface area (Å²) in [4.78, 5) is 0. The van der Waals surface area contributed by atoms with Crippen molar-refractivity contribution in [1.82, 2.24) is 10.2 Å². The quantitative estimate of drug-likeness (QED) is 0.516. The minimum absolute atomic E-state index is 0.820. The summed E-state index contributed by atoms with van der Waals surface area (Å²) in [5, 5.41) is 6.63. The lowest BCUT2D eigenvalue weighted by molar-refractivity contribution is 1.09. The van der Waals surface area contributed by atoms with E-state index in [1.54, 1.807) is 0 Å². The molecule has 0 fully saturated rings. The van der Waals surface area contributed by atoms with Crippen molar-refractivity contribution in [3.63, 3.8) is 0 Å². The average molecular weight is 178 g/mol. The zero-order chi connectivity index (χ0) is 9.03. The highest BCUT2D eigenvalue weighted by molar-refractivity contribution is 6.83. The highest BCUT2D eigenvalue weighted by Crippen LogP contribution is 1.98. The fourth-order valence-electron chi connectivity index (χ4n) is 0.786. The van der Waals surface area contributed by atoms with Crippen LogP contribution >= 0.6 is 0 Å². The van der Waals surface area contributed by atoms with Gasteiger partial charge >= 0.3 is 0 Å². The molecule has 0 aliphatic carbocycles. The van der Waals surface area contributed by atoms with E-state index in [0.717, 1.165) is 6.42 Å². The number of aromatic amines is 1. The third kappa shape index (κ3) is 3.40. The molecule has 12 heavy (non-hydrogen) atoms. The van der Waals surface area contributed by atoms with E-state index in [1.165, 1.54) is 5.56 Å². The molecule has 0 atom stereocenters. The normalized spacial score (nSPS) is 10.6. The molecule has 64 valence electrons. The van der Waals surface area contributed by atoms with Crippen LogP contribution < -0.4 is 0 Å². The molecule has 0 saturated heterocycles. The molecule has 0 aliphatic heterocycles. The first kappa shape index (κ1) is 9.08. The minimum Gasteiger partial charge on any atom is -0.285 e. The molecule has 0 saturated carbocycles. The van der Waals surface area contributed by atoms with Crippen molar-refractivity contribution < 1.29 is 0 Å². The van der Waals surface area contributed by atoms with E-state index in [0.29, 0.717) is 0 Å². The first-order valence-corrected chi connectivity index (χ1v) is 7.55. The van der Waals surface area contributed by atoms with E-state index in [9.17, 15) is 0 Å². The second kappa shape index (κ2) is 3.59. The van der Waals surface area contributed by atoms with Gasteiger partial charge in [-0.1, -0.05) is 19.6 Å². The Morgan fingerprint density at radius 1 is 1.50 bits per heavy atom. The monoisotopic (exact) mass is 178 g/mol. The Balaban J connectivity index is 2.49. The number of nitrogens with zero attached hydrogens (tertiary/aromatic N) is 1. The number of H-pyrrole nitrogens is 1. The maximum atomic E-state index is 3.86. The molecule has 0 unspecified atom stereocenters. The zero-order valence-electron chi connectivity index (χ0n) is 7.81. The third-order valence-corrected chi connectivity index (χ3v) is 2.24. The van der Waals surface area contributed by atoms with Gasteiger partial charge in [0, 0.05) is 18.2 Å². The molecule has 1 N–H and O–H groups in total. The SMILES string of the molecule is C[Si](C)(C)C#CCc1cn[nH]c1. The molecular formula is C9H14N2Si. The van der Waals surface area contributed by atoms with E-state index in [4.69, 9.17) is 0 Å². The smallest absolute Gasteiger partial charge is 0.129 e. The summed E-state index contributed by atoms with van der Waals surface area (Å²) in [6.07, 6.45) is 4.53. The summed E-state index contributed by atoms with van der Waals surface area (Å²) < 4.78 is 0. The first-order chi connectivity index (χ1) is 5.58. The second-order valence-electron chi connectivity index (χ2n) is 3.84. The fraction of sp³-hybridized carbons (Fsp3) is 0.444. The van der Waals surface area contributed by atoms with E-state index in [-0.39, 0.29) is 0 Å². The highest BCUT2D eigenvalue weighted by Gasteiger charge is 2.06.